The van der Waals surface area contributed by atoms with Gasteiger partial charge in [0.1, 0.15) is 11.3 Å². The van der Waals surface area contributed by atoms with Crippen molar-refractivity contribution in [2.45, 2.75) is 12.0 Å². The number of hydrogen-bond donors (Lipinski definition) is 0. The van der Waals surface area contributed by atoms with Gasteiger partial charge in [-0.1, -0.05) is 103 Å². The Morgan fingerprint density at radius 1 is 0.549 bits per heavy atom. The molecule has 1 aliphatic heterocycles. The first kappa shape index (κ1) is 28.5. The molecule has 2 unspecified atom stereocenters. The zero-order valence-electron chi connectivity index (χ0n) is 27.3. The van der Waals surface area contributed by atoms with Crippen molar-refractivity contribution in [2.75, 3.05) is 4.90 Å². The fraction of sp³-hybridized carbons (Fsp3) is 0.0444. The third-order valence-corrected chi connectivity index (χ3v) is 11.4. The Balaban J connectivity index is 1.08. The molecule has 6 heteroatoms. The highest BCUT2D eigenvalue weighted by Crippen LogP contribution is 2.53. The zero-order chi connectivity index (χ0) is 33.5. The van der Waals surface area contributed by atoms with Crippen LogP contribution in [0.4, 0.5) is 11.4 Å². The first-order valence-electron chi connectivity index (χ1n) is 17.2. The van der Waals surface area contributed by atoms with Gasteiger partial charge in [0.2, 0.25) is 0 Å². The van der Waals surface area contributed by atoms with Crippen molar-refractivity contribution in [1.82, 2.24) is 15.0 Å². The number of hydrogen-bond acceptors (Lipinski definition) is 6. The van der Waals surface area contributed by atoms with E-state index >= 15 is 0 Å². The Kier molecular flexibility index (Phi) is 6.18. The van der Waals surface area contributed by atoms with Crippen LogP contribution in [-0.2, 0) is 0 Å². The monoisotopic (exact) mass is 672 g/mol. The summed E-state index contributed by atoms with van der Waals surface area (Å²) in [5, 5.41) is 3.61. The van der Waals surface area contributed by atoms with E-state index in [1.165, 1.54) is 42.7 Å². The number of rotatable bonds is 4. The van der Waals surface area contributed by atoms with Crippen LogP contribution in [0.2, 0.25) is 0 Å². The van der Waals surface area contributed by atoms with Gasteiger partial charge < -0.3 is 9.32 Å². The maximum atomic E-state index is 6.54. The summed E-state index contributed by atoms with van der Waals surface area (Å²) in [5.41, 5.74) is 8.61. The van der Waals surface area contributed by atoms with Crippen molar-refractivity contribution in [3.05, 3.63) is 169 Å². The molecule has 0 saturated carbocycles. The van der Waals surface area contributed by atoms with Gasteiger partial charge in [-0.2, -0.15) is 0 Å². The number of furan rings is 1. The number of anilines is 2. The zero-order valence-corrected chi connectivity index (χ0v) is 28.1. The first-order chi connectivity index (χ1) is 25.3. The predicted octanol–water partition coefficient (Wildman–Crippen LogP) is 11.7. The lowest BCUT2D eigenvalue weighted by atomic mass is 9.82. The Morgan fingerprint density at radius 2 is 1.22 bits per heavy atom. The summed E-state index contributed by atoms with van der Waals surface area (Å²) in [7, 11) is 0. The average molecular weight is 673 g/mol. The van der Waals surface area contributed by atoms with Crippen LogP contribution in [0, 0.1) is 0 Å². The molecule has 0 bridgehead atoms. The molecule has 2 atom stereocenters. The van der Waals surface area contributed by atoms with E-state index in [-0.39, 0.29) is 12.0 Å². The lowest BCUT2D eigenvalue weighted by Crippen LogP contribution is -2.30. The molecule has 0 radical (unpaired) electrons. The quantitative estimate of drug-likeness (QED) is 0.186. The number of thiophene rings is 1. The van der Waals surface area contributed by atoms with Gasteiger partial charge in [-0.3, -0.25) is 0 Å². The van der Waals surface area contributed by atoms with Crippen LogP contribution in [-0.4, -0.2) is 21.0 Å². The minimum Gasteiger partial charge on any atom is -0.456 e. The van der Waals surface area contributed by atoms with Crippen LogP contribution >= 0.6 is 11.3 Å². The molecule has 1 aliphatic carbocycles. The van der Waals surface area contributed by atoms with E-state index in [1.54, 1.807) is 11.3 Å². The molecule has 0 saturated heterocycles. The summed E-state index contributed by atoms with van der Waals surface area (Å²) >= 11 is 1.80. The highest BCUT2D eigenvalue weighted by molar-refractivity contribution is 7.25. The van der Waals surface area contributed by atoms with E-state index in [0.29, 0.717) is 17.5 Å². The molecule has 11 rings (SSSR count). The Hall–Kier alpha value is -6.37. The fourth-order valence-corrected chi connectivity index (χ4v) is 9.15. The third-order valence-electron chi connectivity index (χ3n) is 10.3. The van der Waals surface area contributed by atoms with Gasteiger partial charge >= 0.3 is 0 Å². The van der Waals surface area contributed by atoms with E-state index in [1.807, 2.05) is 18.2 Å². The van der Waals surface area contributed by atoms with Crippen LogP contribution in [0.25, 0.3) is 71.4 Å². The Labute approximate surface area is 297 Å². The summed E-state index contributed by atoms with van der Waals surface area (Å²) in [6.07, 6.45) is 4.44. The van der Waals surface area contributed by atoms with Gasteiger partial charge in [0, 0.05) is 65.1 Å². The van der Waals surface area contributed by atoms with E-state index in [4.69, 9.17) is 19.4 Å². The number of nitrogens with zero attached hydrogens (tertiary/aromatic N) is 4. The molecule has 0 amide bonds. The number of para-hydroxylation sites is 2. The van der Waals surface area contributed by atoms with Gasteiger partial charge in [-0.25, -0.2) is 15.0 Å². The molecule has 4 heterocycles. The maximum Gasteiger partial charge on any atom is 0.164 e. The smallest absolute Gasteiger partial charge is 0.164 e. The summed E-state index contributed by atoms with van der Waals surface area (Å²) in [6.45, 7) is 0. The molecule has 0 fully saturated rings. The molecule has 2 aliphatic rings. The highest BCUT2D eigenvalue weighted by Gasteiger charge is 2.43. The second kappa shape index (κ2) is 11.1. The third kappa shape index (κ3) is 4.43. The van der Waals surface area contributed by atoms with E-state index in [0.717, 1.165) is 33.4 Å². The van der Waals surface area contributed by atoms with Gasteiger partial charge in [-0.15, -0.1) is 11.3 Å². The molecule has 240 valence electrons. The Bertz CT molecular complexity index is 2840. The molecule has 9 aromatic rings. The van der Waals surface area contributed by atoms with Crippen LogP contribution < -0.4 is 4.90 Å². The van der Waals surface area contributed by atoms with Crippen molar-refractivity contribution >= 4 is 59.9 Å². The SMILES string of the molecule is C1=CC2C(c3ccccc3N2c2ccccc2)c2c1oc1ccc(-c3nc(-c4ccccc4)nc(-c4ccc5c(c4)sc4ccccc45)n3)cc21. The van der Waals surface area contributed by atoms with Crippen LogP contribution in [0.5, 0.6) is 0 Å². The summed E-state index contributed by atoms with van der Waals surface area (Å²) in [4.78, 5) is 17.7. The van der Waals surface area contributed by atoms with E-state index in [9.17, 15) is 0 Å². The van der Waals surface area contributed by atoms with Crippen LogP contribution in [0.1, 0.15) is 22.8 Å². The summed E-state index contributed by atoms with van der Waals surface area (Å²) < 4.78 is 9.03. The second-order valence-corrected chi connectivity index (χ2v) is 14.2. The molecule has 0 N–H and O–H groups in total. The van der Waals surface area contributed by atoms with Crippen molar-refractivity contribution in [1.29, 1.82) is 0 Å². The van der Waals surface area contributed by atoms with Crippen molar-refractivity contribution in [2.24, 2.45) is 0 Å². The molecular weight excluding hydrogens is 645 g/mol. The minimum absolute atomic E-state index is 0.111. The van der Waals surface area contributed by atoms with Gasteiger partial charge in [0.15, 0.2) is 17.5 Å². The lowest BCUT2D eigenvalue weighted by molar-refractivity contribution is 0.584. The van der Waals surface area contributed by atoms with E-state index in [2.05, 4.69) is 144 Å². The number of fused-ring (bicyclic) bond motifs is 10. The number of aromatic nitrogens is 3. The Morgan fingerprint density at radius 3 is 2.06 bits per heavy atom. The summed E-state index contributed by atoms with van der Waals surface area (Å²) in [6, 6.07) is 51.2. The molecule has 5 nitrogen and oxygen atoms in total. The molecular formula is C45H28N4OS. The molecule has 3 aromatic heterocycles. The van der Waals surface area contributed by atoms with E-state index < -0.39 is 0 Å². The largest absolute Gasteiger partial charge is 0.456 e. The fourth-order valence-electron chi connectivity index (χ4n) is 8.01. The maximum absolute atomic E-state index is 6.54. The average Bonchev–Trinajstić information content (AvgIpc) is 3.87. The topological polar surface area (TPSA) is 55.1 Å². The first-order valence-corrected chi connectivity index (χ1v) is 18.0. The number of benzene rings is 6. The van der Waals surface area contributed by atoms with Gasteiger partial charge in [-0.05, 0) is 60.2 Å². The lowest BCUT2D eigenvalue weighted by Gasteiger charge is -2.30. The summed E-state index contributed by atoms with van der Waals surface area (Å²) in [5.74, 6) is 2.95. The van der Waals surface area contributed by atoms with Crippen molar-refractivity contribution < 1.29 is 4.42 Å². The standard InChI is InChI=1S/C45H28N4OS/c1-3-11-27(12-4-1)43-46-44(48-45(47-43)29-19-21-32-31-15-8-10-18-39(31)51-40(32)26-29)28-20-23-37-34(25-28)42-38(50-37)24-22-36-41(42)33-16-7-9-17-35(33)49(36)30-13-5-2-6-14-30/h1-26,36,41H. The molecule has 51 heavy (non-hydrogen) atoms. The highest BCUT2D eigenvalue weighted by atomic mass is 32.1. The second-order valence-electron chi connectivity index (χ2n) is 13.2. The van der Waals surface area contributed by atoms with Gasteiger partial charge in [0.05, 0.1) is 6.04 Å². The van der Waals surface area contributed by atoms with Crippen LogP contribution in [0.3, 0.4) is 0 Å². The minimum atomic E-state index is 0.111. The molecule has 6 aromatic carbocycles. The normalized spacial score (nSPS) is 16.1. The van der Waals surface area contributed by atoms with Crippen molar-refractivity contribution in [3.8, 4) is 34.2 Å². The van der Waals surface area contributed by atoms with Gasteiger partial charge in [0.25, 0.3) is 0 Å². The van der Waals surface area contributed by atoms with Crippen molar-refractivity contribution in [3.63, 3.8) is 0 Å². The van der Waals surface area contributed by atoms with Crippen LogP contribution in [0.15, 0.2) is 156 Å². The molecule has 0 spiro atoms. The predicted molar refractivity (Wildman–Crippen MR) is 208 cm³/mol.